The molecule has 0 aliphatic heterocycles. The zero-order valence-corrected chi connectivity index (χ0v) is 7.86. The first-order valence-electron chi connectivity index (χ1n) is 4.41. The van der Waals surface area contributed by atoms with E-state index in [0.717, 1.165) is 5.82 Å². The highest BCUT2D eigenvalue weighted by Gasteiger charge is 2.27. The number of nitrogens with zero attached hydrogens (tertiary/aromatic N) is 3. The van der Waals surface area contributed by atoms with E-state index in [4.69, 9.17) is 0 Å². The predicted molar refractivity (Wildman–Crippen MR) is 50.0 cm³/mol. The molecule has 1 aliphatic carbocycles. The van der Waals surface area contributed by atoms with Crippen LogP contribution >= 0.6 is 0 Å². The van der Waals surface area contributed by atoms with Gasteiger partial charge in [-0.15, -0.1) is 0 Å². The minimum absolute atomic E-state index is 0.148. The second-order valence-electron chi connectivity index (χ2n) is 3.61. The molecular formula is C9H13N3O. The van der Waals surface area contributed by atoms with Crippen molar-refractivity contribution in [1.82, 2.24) is 9.97 Å². The molecule has 0 bridgehead atoms. The number of rotatable bonds is 2. The van der Waals surface area contributed by atoms with E-state index < -0.39 is 0 Å². The number of aromatic hydroxyl groups is 1. The highest BCUT2D eigenvalue weighted by molar-refractivity contribution is 5.49. The van der Waals surface area contributed by atoms with Crippen molar-refractivity contribution in [2.75, 3.05) is 19.0 Å². The molecule has 2 rings (SSSR count). The molecule has 0 aromatic carbocycles. The monoisotopic (exact) mass is 179 g/mol. The molecule has 1 fully saturated rings. The van der Waals surface area contributed by atoms with Crippen LogP contribution in [0, 0.1) is 0 Å². The summed E-state index contributed by atoms with van der Waals surface area (Å²) in [5.41, 5.74) is 0. The molecule has 1 aromatic heterocycles. The summed E-state index contributed by atoms with van der Waals surface area (Å²) in [4.78, 5) is 10.2. The lowest BCUT2D eigenvalue weighted by Crippen LogP contribution is -2.12. The van der Waals surface area contributed by atoms with Gasteiger partial charge in [0.1, 0.15) is 5.82 Å². The minimum Gasteiger partial charge on any atom is -0.503 e. The molecule has 0 spiro atoms. The summed E-state index contributed by atoms with van der Waals surface area (Å²) in [6, 6.07) is 0. The molecule has 0 saturated heterocycles. The van der Waals surface area contributed by atoms with Crippen molar-refractivity contribution in [3.05, 3.63) is 12.0 Å². The minimum atomic E-state index is 0.148. The summed E-state index contributed by atoms with van der Waals surface area (Å²) in [5, 5.41) is 9.44. The molecule has 0 atom stereocenters. The van der Waals surface area contributed by atoms with Gasteiger partial charge >= 0.3 is 0 Å². The van der Waals surface area contributed by atoms with Gasteiger partial charge in [0.25, 0.3) is 0 Å². The summed E-state index contributed by atoms with van der Waals surface area (Å²) in [6.45, 7) is 0. The van der Waals surface area contributed by atoms with Crippen LogP contribution in [0.5, 0.6) is 5.75 Å². The molecule has 1 saturated carbocycles. The zero-order chi connectivity index (χ0) is 9.42. The smallest absolute Gasteiger partial charge is 0.177 e. The molecular weight excluding hydrogens is 166 g/mol. The predicted octanol–water partition coefficient (Wildman–Crippen LogP) is 1.13. The van der Waals surface area contributed by atoms with Gasteiger partial charge in [-0.3, -0.25) is 0 Å². The Bertz CT molecular complexity index is 321. The molecule has 0 unspecified atom stereocenters. The zero-order valence-electron chi connectivity index (χ0n) is 7.86. The van der Waals surface area contributed by atoms with E-state index in [1.165, 1.54) is 19.0 Å². The van der Waals surface area contributed by atoms with Gasteiger partial charge in [0.2, 0.25) is 0 Å². The highest BCUT2D eigenvalue weighted by atomic mass is 16.3. The topological polar surface area (TPSA) is 49.2 Å². The lowest BCUT2D eigenvalue weighted by Gasteiger charge is -2.13. The van der Waals surface area contributed by atoms with Gasteiger partial charge in [0.05, 0.1) is 6.20 Å². The second kappa shape index (κ2) is 2.87. The molecule has 1 heterocycles. The van der Waals surface area contributed by atoms with Crippen LogP contribution in [0.4, 0.5) is 5.82 Å². The van der Waals surface area contributed by atoms with E-state index in [9.17, 15) is 5.11 Å². The average Bonchev–Trinajstić information content (AvgIpc) is 2.87. The molecule has 1 aliphatic rings. The average molecular weight is 179 g/mol. The fraction of sp³-hybridized carbons (Fsp3) is 0.556. The summed E-state index contributed by atoms with van der Waals surface area (Å²) in [7, 11) is 3.72. The van der Waals surface area contributed by atoms with Crippen molar-refractivity contribution in [1.29, 1.82) is 0 Å². The molecule has 0 radical (unpaired) electrons. The molecule has 1 aromatic rings. The Morgan fingerprint density at radius 1 is 1.46 bits per heavy atom. The maximum atomic E-state index is 9.44. The molecule has 4 nitrogen and oxygen atoms in total. The largest absolute Gasteiger partial charge is 0.503 e. The van der Waals surface area contributed by atoms with Crippen molar-refractivity contribution in [2.45, 2.75) is 18.8 Å². The summed E-state index contributed by atoms with van der Waals surface area (Å²) < 4.78 is 0. The van der Waals surface area contributed by atoms with E-state index in [0.29, 0.717) is 11.7 Å². The van der Waals surface area contributed by atoms with E-state index >= 15 is 0 Å². The third kappa shape index (κ3) is 1.56. The van der Waals surface area contributed by atoms with Crippen LogP contribution in [0.15, 0.2) is 6.20 Å². The van der Waals surface area contributed by atoms with Crippen LogP contribution in [0.3, 0.4) is 0 Å². The Labute approximate surface area is 77.2 Å². The lowest BCUT2D eigenvalue weighted by atomic mass is 10.4. The molecule has 70 valence electrons. The van der Waals surface area contributed by atoms with E-state index in [1.54, 1.807) is 4.90 Å². The van der Waals surface area contributed by atoms with Crippen molar-refractivity contribution < 1.29 is 5.11 Å². The molecule has 0 amide bonds. The Morgan fingerprint density at radius 2 is 2.15 bits per heavy atom. The van der Waals surface area contributed by atoms with E-state index in [1.807, 2.05) is 14.1 Å². The number of hydrogen-bond donors (Lipinski definition) is 1. The summed E-state index contributed by atoms with van der Waals surface area (Å²) >= 11 is 0. The Morgan fingerprint density at radius 3 is 2.69 bits per heavy atom. The van der Waals surface area contributed by atoms with Crippen molar-refractivity contribution in [3.8, 4) is 5.75 Å². The van der Waals surface area contributed by atoms with Crippen LogP contribution < -0.4 is 4.90 Å². The first-order chi connectivity index (χ1) is 6.18. The number of hydrogen-bond acceptors (Lipinski definition) is 4. The van der Waals surface area contributed by atoms with Crippen LogP contribution in [0.1, 0.15) is 24.6 Å². The Kier molecular flexibility index (Phi) is 1.83. The first kappa shape index (κ1) is 8.29. The van der Waals surface area contributed by atoms with Gasteiger partial charge < -0.3 is 10.0 Å². The van der Waals surface area contributed by atoms with Gasteiger partial charge in [0, 0.05) is 20.0 Å². The normalized spacial score (nSPS) is 15.8. The van der Waals surface area contributed by atoms with Crippen LogP contribution in [0.2, 0.25) is 0 Å². The SMILES string of the molecule is CN(C)c1nc(C2CC2)ncc1O. The fourth-order valence-corrected chi connectivity index (χ4v) is 1.25. The highest BCUT2D eigenvalue weighted by Crippen LogP contribution is 2.39. The van der Waals surface area contributed by atoms with Gasteiger partial charge in [-0.25, -0.2) is 9.97 Å². The fourth-order valence-electron chi connectivity index (χ4n) is 1.25. The number of aromatic nitrogens is 2. The van der Waals surface area contributed by atoms with Crippen molar-refractivity contribution in [2.24, 2.45) is 0 Å². The maximum absolute atomic E-state index is 9.44. The third-order valence-corrected chi connectivity index (χ3v) is 2.13. The van der Waals surface area contributed by atoms with E-state index in [-0.39, 0.29) is 5.75 Å². The van der Waals surface area contributed by atoms with Crippen LogP contribution in [-0.4, -0.2) is 29.2 Å². The summed E-state index contributed by atoms with van der Waals surface area (Å²) in [5.74, 6) is 2.15. The Balaban J connectivity index is 2.36. The summed E-state index contributed by atoms with van der Waals surface area (Å²) in [6.07, 6.45) is 3.84. The van der Waals surface area contributed by atoms with Gasteiger partial charge in [0.15, 0.2) is 11.6 Å². The van der Waals surface area contributed by atoms with E-state index in [2.05, 4.69) is 9.97 Å². The van der Waals surface area contributed by atoms with Gasteiger partial charge in [-0.05, 0) is 12.8 Å². The molecule has 13 heavy (non-hydrogen) atoms. The van der Waals surface area contributed by atoms with Gasteiger partial charge in [-0.2, -0.15) is 0 Å². The quantitative estimate of drug-likeness (QED) is 0.739. The number of anilines is 1. The Hall–Kier alpha value is -1.32. The molecule has 1 N–H and O–H groups in total. The first-order valence-corrected chi connectivity index (χ1v) is 4.41. The van der Waals surface area contributed by atoms with Crippen molar-refractivity contribution >= 4 is 5.82 Å². The van der Waals surface area contributed by atoms with Crippen LogP contribution in [-0.2, 0) is 0 Å². The molecule has 4 heteroatoms. The second-order valence-corrected chi connectivity index (χ2v) is 3.61. The lowest BCUT2D eigenvalue weighted by molar-refractivity contribution is 0.469. The maximum Gasteiger partial charge on any atom is 0.177 e. The third-order valence-electron chi connectivity index (χ3n) is 2.13. The van der Waals surface area contributed by atoms with Crippen LogP contribution in [0.25, 0.3) is 0 Å². The van der Waals surface area contributed by atoms with Crippen molar-refractivity contribution in [3.63, 3.8) is 0 Å². The van der Waals surface area contributed by atoms with Gasteiger partial charge in [-0.1, -0.05) is 0 Å². The standard InChI is InChI=1S/C9H13N3O/c1-12(2)9-7(13)5-10-8(11-9)6-3-4-6/h5-6,13H,3-4H2,1-2H3.